The second-order valence-electron chi connectivity index (χ2n) is 2.39. The van der Waals surface area contributed by atoms with Gasteiger partial charge in [0.2, 0.25) is 0 Å². The van der Waals surface area contributed by atoms with Crippen molar-refractivity contribution >= 4 is 17.9 Å². The van der Waals surface area contributed by atoms with Crippen LogP contribution in [-0.2, 0) is 28.9 Å². The number of carbonyl (C=O) groups excluding carboxylic acids is 3. The van der Waals surface area contributed by atoms with E-state index in [-0.39, 0.29) is 6.61 Å². The summed E-state index contributed by atoms with van der Waals surface area (Å²) in [7, 11) is 0. The Morgan fingerprint density at radius 1 is 1.14 bits per heavy atom. The molecule has 0 bridgehead atoms. The lowest BCUT2D eigenvalue weighted by Gasteiger charge is -2.08. The summed E-state index contributed by atoms with van der Waals surface area (Å²) >= 11 is 0. The summed E-state index contributed by atoms with van der Waals surface area (Å²) in [5, 5.41) is 0. The van der Waals surface area contributed by atoms with Crippen LogP contribution in [0.2, 0.25) is 0 Å². The third kappa shape index (κ3) is 5.95. The normalized spacial score (nSPS) is 11.4. The second kappa shape index (κ2) is 5.92. The van der Waals surface area contributed by atoms with Gasteiger partial charge in [-0.1, -0.05) is 0 Å². The van der Waals surface area contributed by atoms with E-state index in [0.717, 1.165) is 6.92 Å². The molecule has 0 aliphatic heterocycles. The van der Waals surface area contributed by atoms with Crippen molar-refractivity contribution in [2.75, 3.05) is 6.61 Å². The molecule has 0 spiro atoms. The van der Waals surface area contributed by atoms with Crippen molar-refractivity contribution in [3.63, 3.8) is 0 Å². The first-order valence-corrected chi connectivity index (χ1v) is 3.71. The number of rotatable bonds is 3. The molecule has 0 aliphatic rings. The maximum absolute atomic E-state index is 10.8. The van der Waals surface area contributed by atoms with E-state index < -0.39 is 23.9 Å². The largest absolute Gasteiger partial charge is 0.464 e. The highest BCUT2D eigenvalue weighted by atomic mass is 17.2. The molecule has 0 aromatic rings. The van der Waals surface area contributed by atoms with Crippen molar-refractivity contribution in [3.05, 3.63) is 0 Å². The molecule has 0 heterocycles. The molecule has 0 amide bonds. The van der Waals surface area contributed by atoms with Crippen LogP contribution in [0.1, 0.15) is 13.8 Å². The number of ether oxygens (including phenoxy) is 1. The third-order valence-electron chi connectivity index (χ3n) is 1.01. The van der Waals surface area contributed by atoms with Crippen LogP contribution in [0.15, 0.2) is 0 Å². The van der Waals surface area contributed by atoms with Gasteiger partial charge >= 0.3 is 17.9 Å². The van der Waals surface area contributed by atoms with Crippen LogP contribution >= 0.6 is 0 Å². The van der Waals surface area contributed by atoms with Gasteiger partial charge in [0, 0.05) is 13.8 Å². The lowest BCUT2D eigenvalue weighted by Crippen LogP contribution is -2.37. The van der Waals surface area contributed by atoms with Crippen LogP contribution < -0.4 is 5.73 Å². The highest BCUT2D eigenvalue weighted by Gasteiger charge is 2.18. The number of esters is 1. The molecule has 0 saturated carbocycles. The van der Waals surface area contributed by atoms with E-state index in [9.17, 15) is 14.4 Å². The first-order chi connectivity index (χ1) is 6.43. The number of hydrogen-bond donors (Lipinski definition) is 1. The molecule has 7 heteroatoms. The minimum absolute atomic E-state index is 0.324. The van der Waals surface area contributed by atoms with Gasteiger partial charge in [-0.3, -0.25) is 4.79 Å². The molecule has 7 nitrogen and oxygen atoms in total. The van der Waals surface area contributed by atoms with Gasteiger partial charge in [0.05, 0.1) is 0 Å². The molecule has 0 fully saturated rings. The fourth-order valence-corrected chi connectivity index (χ4v) is 0.437. The molecule has 0 aromatic carbocycles. The van der Waals surface area contributed by atoms with Crippen LogP contribution in [0.4, 0.5) is 0 Å². The minimum atomic E-state index is -1.17. The molecule has 0 rings (SSSR count). The smallest absolute Gasteiger partial charge is 0.375 e. The first-order valence-electron chi connectivity index (χ1n) is 3.71. The van der Waals surface area contributed by atoms with Gasteiger partial charge in [0.25, 0.3) is 0 Å². The number of carbonyl (C=O) groups is 3. The number of nitrogens with two attached hydrogens (primary N) is 1. The van der Waals surface area contributed by atoms with Gasteiger partial charge in [-0.25, -0.2) is 19.4 Å². The van der Waals surface area contributed by atoms with E-state index in [2.05, 4.69) is 14.5 Å². The average Bonchev–Trinajstić information content (AvgIpc) is 2.09. The Balaban J connectivity index is 3.76. The molecule has 0 radical (unpaired) electrons. The molecule has 0 aromatic heterocycles. The van der Waals surface area contributed by atoms with Crippen molar-refractivity contribution in [2.24, 2.45) is 5.73 Å². The summed E-state index contributed by atoms with van der Waals surface area (Å²) in [6.07, 6.45) is 0. The van der Waals surface area contributed by atoms with Crippen LogP contribution in [0, 0.1) is 0 Å². The van der Waals surface area contributed by atoms with Crippen molar-refractivity contribution in [2.45, 2.75) is 19.9 Å². The van der Waals surface area contributed by atoms with Crippen LogP contribution in [0.5, 0.6) is 0 Å². The Bertz CT molecular complexity index is 238. The van der Waals surface area contributed by atoms with Gasteiger partial charge in [-0.2, -0.15) is 0 Å². The summed E-state index contributed by atoms with van der Waals surface area (Å²) in [4.78, 5) is 39.3. The molecule has 2 N–H and O–H groups in total. The Morgan fingerprint density at radius 2 is 1.71 bits per heavy atom. The molecule has 1 unspecified atom stereocenters. The SMILES string of the molecule is CC(=O)OCC(N)C(=O)OOC(C)=O. The Kier molecular flexibility index (Phi) is 5.23. The van der Waals surface area contributed by atoms with Gasteiger partial charge in [-0.05, 0) is 0 Å². The fourth-order valence-electron chi connectivity index (χ4n) is 0.437. The maximum atomic E-state index is 10.8. The summed E-state index contributed by atoms with van der Waals surface area (Å²) in [5.74, 6) is -2.33. The highest BCUT2D eigenvalue weighted by molar-refractivity contribution is 5.77. The van der Waals surface area contributed by atoms with E-state index in [0.29, 0.717) is 0 Å². The average molecular weight is 205 g/mol. The molecule has 1 atom stereocenters. The fraction of sp³-hybridized carbons (Fsp3) is 0.571. The highest BCUT2D eigenvalue weighted by Crippen LogP contribution is 1.90. The monoisotopic (exact) mass is 205 g/mol. The van der Waals surface area contributed by atoms with E-state index in [1.807, 2.05) is 0 Å². The summed E-state index contributed by atoms with van der Waals surface area (Å²) in [5.41, 5.74) is 5.21. The molecule has 80 valence electrons. The zero-order valence-corrected chi connectivity index (χ0v) is 7.81. The van der Waals surface area contributed by atoms with Gasteiger partial charge < -0.3 is 10.5 Å². The molecule has 0 saturated heterocycles. The Hall–Kier alpha value is -1.63. The van der Waals surface area contributed by atoms with Gasteiger partial charge in [0.1, 0.15) is 12.6 Å². The Labute approximate surface area is 80.0 Å². The lowest BCUT2D eigenvalue weighted by atomic mass is 10.3. The van der Waals surface area contributed by atoms with Crippen molar-refractivity contribution in [1.29, 1.82) is 0 Å². The van der Waals surface area contributed by atoms with Gasteiger partial charge in [0.15, 0.2) is 0 Å². The van der Waals surface area contributed by atoms with E-state index in [1.165, 1.54) is 6.92 Å². The quantitative estimate of drug-likeness (QED) is 0.354. The Morgan fingerprint density at radius 3 is 2.14 bits per heavy atom. The molecule has 0 aliphatic carbocycles. The van der Waals surface area contributed by atoms with E-state index in [1.54, 1.807) is 0 Å². The molecular weight excluding hydrogens is 194 g/mol. The van der Waals surface area contributed by atoms with Crippen molar-refractivity contribution < 1.29 is 28.9 Å². The second-order valence-corrected chi connectivity index (χ2v) is 2.39. The molecular formula is C7H11NO6. The standard InChI is InChI=1S/C7H11NO6/c1-4(9)12-3-6(8)7(11)14-13-5(2)10/h6H,3,8H2,1-2H3. The summed E-state index contributed by atoms with van der Waals surface area (Å²) < 4.78 is 4.43. The predicted molar refractivity (Wildman–Crippen MR) is 42.5 cm³/mol. The number of hydrogen-bond acceptors (Lipinski definition) is 7. The topological polar surface area (TPSA) is 105 Å². The van der Waals surface area contributed by atoms with E-state index >= 15 is 0 Å². The zero-order chi connectivity index (χ0) is 11.1. The van der Waals surface area contributed by atoms with Gasteiger partial charge in [-0.15, -0.1) is 0 Å². The van der Waals surface area contributed by atoms with Crippen molar-refractivity contribution in [1.82, 2.24) is 0 Å². The maximum Gasteiger partial charge on any atom is 0.375 e. The zero-order valence-electron chi connectivity index (χ0n) is 7.81. The first kappa shape index (κ1) is 12.4. The minimum Gasteiger partial charge on any atom is -0.464 e. The molecule has 14 heavy (non-hydrogen) atoms. The predicted octanol–water partition coefficient (Wildman–Crippen LogP) is -1.10. The van der Waals surface area contributed by atoms with Crippen LogP contribution in [0.25, 0.3) is 0 Å². The van der Waals surface area contributed by atoms with Crippen molar-refractivity contribution in [3.8, 4) is 0 Å². The summed E-state index contributed by atoms with van der Waals surface area (Å²) in [6, 6.07) is -1.17. The van der Waals surface area contributed by atoms with E-state index in [4.69, 9.17) is 5.73 Å². The lowest BCUT2D eigenvalue weighted by molar-refractivity contribution is -0.258. The van der Waals surface area contributed by atoms with Crippen LogP contribution in [-0.4, -0.2) is 30.6 Å². The summed E-state index contributed by atoms with van der Waals surface area (Å²) in [6.45, 7) is 1.91. The third-order valence-corrected chi connectivity index (χ3v) is 1.01. The van der Waals surface area contributed by atoms with Crippen LogP contribution in [0.3, 0.4) is 0 Å².